The van der Waals surface area contributed by atoms with Crippen LogP contribution in [0.15, 0.2) is 46.6 Å². The first-order valence-electron chi connectivity index (χ1n) is 7.81. The topological polar surface area (TPSA) is 97.1 Å². The number of thiophene rings is 1. The van der Waals surface area contributed by atoms with Crippen molar-refractivity contribution in [3.05, 3.63) is 59.1 Å². The lowest BCUT2D eigenvalue weighted by atomic mass is 10.2. The minimum absolute atomic E-state index is 0.151. The number of hydrogen-bond donors (Lipinski definition) is 2. The highest BCUT2D eigenvalue weighted by Gasteiger charge is 2.13. The zero-order valence-corrected chi connectivity index (χ0v) is 14.4. The number of pyridine rings is 1. The van der Waals surface area contributed by atoms with E-state index in [0.717, 1.165) is 17.1 Å². The Morgan fingerprint density at radius 3 is 2.69 bits per heavy atom. The fourth-order valence-electron chi connectivity index (χ4n) is 2.14. The Labute approximate surface area is 152 Å². The van der Waals surface area contributed by atoms with Crippen LogP contribution in [-0.4, -0.2) is 35.0 Å². The van der Waals surface area contributed by atoms with Crippen LogP contribution < -0.4 is 10.6 Å². The second-order valence-electron chi connectivity index (χ2n) is 5.31. The molecule has 0 atom stereocenters. The number of halogens is 1. The summed E-state index contributed by atoms with van der Waals surface area (Å²) >= 11 is 1.49. The lowest BCUT2D eigenvalue weighted by Crippen LogP contribution is -2.30. The molecule has 3 aromatic rings. The SMILES string of the molecule is O=C(NCCCNC(=O)c1cc(-c2cccs2)on1)c1cncc(F)c1. The summed E-state index contributed by atoms with van der Waals surface area (Å²) in [6.07, 6.45) is 2.83. The molecule has 0 fully saturated rings. The summed E-state index contributed by atoms with van der Waals surface area (Å²) in [5, 5.41) is 11.0. The van der Waals surface area contributed by atoms with Gasteiger partial charge in [-0.25, -0.2) is 4.39 Å². The largest absolute Gasteiger partial charge is 0.355 e. The zero-order chi connectivity index (χ0) is 18.4. The Balaban J connectivity index is 1.40. The summed E-state index contributed by atoms with van der Waals surface area (Å²) in [5.41, 5.74) is 0.348. The molecule has 0 aliphatic carbocycles. The summed E-state index contributed by atoms with van der Waals surface area (Å²) in [5.74, 6) is -0.793. The van der Waals surface area contributed by atoms with Crippen LogP contribution >= 0.6 is 11.3 Å². The van der Waals surface area contributed by atoms with Gasteiger partial charge < -0.3 is 15.2 Å². The minimum Gasteiger partial charge on any atom is -0.355 e. The predicted molar refractivity (Wildman–Crippen MR) is 93.3 cm³/mol. The summed E-state index contributed by atoms with van der Waals surface area (Å²) < 4.78 is 18.2. The van der Waals surface area contributed by atoms with Crippen LogP contribution in [0.2, 0.25) is 0 Å². The summed E-state index contributed by atoms with van der Waals surface area (Å²) in [7, 11) is 0. The van der Waals surface area contributed by atoms with Crippen molar-refractivity contribution in [2.75, 3.05) is 13.1 Å². The summed E-state index contributed by atoms with van der Waals surface area (Å²) in [6, 6.07) is 6.46. The quantitative estimate of drug-likeness (QED) is 0.619. The highest BCUT2D eigenvalue weighted by molar-refractivity contribution is 7.13. The van der Waals surface area contributed by atoms with Gasteiger partial charge in [0.05, 0.1) is 16.6 Å². The van der Waals surface area contributed by atoms with E-state index in [-0.39, 0.29) is 17.2 Å². The maximum absolute atomic E-state index is 13.0. The van der Waals surface area contributed by atoms with Gasteiger partial charge in [0.2, 0.25) is 0 Å². The molecule has 2 N–H and O–H groups in total. The molecule has 0 aromatic carbocycles. The van der Waals surface area contributed by atoms with Gasteiger partial charge in [-0.2, -0.15) is 0 Å². The number of hydrogen-bond acceptors (Lipinski definition) is 6. The summed E-state index contributed by atoms with van der Waals surface area (Å²) in [6.45, 7) is 0.677. The maximum atomic E-state index is 13.0. The number of aromatic nitrogens is 2. The minimum atomic E-state index is -0.570. The van der Waals surface area contributed by atoms with E-state index >= 15 is 0 Å². The van der Waals surface area contributed by atoms with E-state index in [1.807, 2.05) is 17.5 Å². The van der Waals surface area contributed by atoms with E-state index in [1.54, 1.807) is 6.07 Å². The maximum Gasteiger partial charge on any atom is 0.273 e. The molecule has 26 heavy (non-hydrogen) atoms. The monoisotopic (exact) mass is 374 g/mol. The third-order valence-corrected chi connectivity index (χ3v) is 4.28. The van der Waals surface area contributed by atoms with Crippen molar-refractivity contribution >= 4 is 23.2 Å². The van der Waals surface area contributed by atoms with Gasteiger partial charge >= 0.3 is 0 Å². The third-order valence-electron chi connectivity index (χ3n) is 3.40. The predicted octanol–water partition coefficient (Wildman–Crippen LogP) is 2.49. The average molecular weight is 374 g/mol. The lowest BCUT2D eigenvalue weighted by Gasteiger charge is -2.05. The highest BCUT2D eigenvalue weighted by atomic mass is 32.1. The fraction of sp³-hybridized carbons (Fsp3) is 0.176. The molecule has 3 heterocycles. The molecule has 0 radical (unpaired) electrons. The van der Waals surface area contributed by atoms with E-state index in [0.29, 0.717) is 25.3 Å². The first-order chi connectivity index (χ1) is 12.6. The molecule has 0 aliphatic rings. The molecule has 0 unspecified atom stereocenters. The number of nitrogens with one attached hydrogen (secondary N) is 2. The van der Waals surface area contributed by atoms with Gasteiger partial charge in [-0.1, -0.05) is 11.2 Å². The highest BCUT2D eigenvalue weighted by Crippen LogP contribution is 2.24. The molecule has 0 aliphatic heterocycles. The molecular weight excluding hydrogens is 359 g/mol. The summed E-state index contributed by atoms with van der Waals surface area (Å²) in [4.78, 5) is 28.3. The van der Waals surface area contributed by atoms with Crippen LogP contribution in [0.5, 0.6) is 0 Å². The molecule has 2 amide bonds. The number of amides is 2. The second kappa shape index (κ2) is 8.34. The molecule has 0 spiro atoms. The Morgan fingerprint density at radius 2 is 1.96 bits per heavy atom. The van der Waals surface area contributed by atoms with Gasteiger partial charge in [0.15, 0.2) is 11.5 Å². The Bertz CT molecular complexity index is 895. The normalized spacial score (nSPS) is 10.5. The van der Waals surface area contributed by atoms with Crippen LogP contribution in [0.4, 0.5) is 4.39 Å². The van der Waals surface area contributed by atoms with Crippen molar-refractivity contribution in [3.8, 4) is 10.6 Å². The Kier molecular flexibility index (Phi) is 5.69. The number of carbonyl (C=O) groups is 2. The average Bonchev–Trinajstić information content (AvgIpc) is 3.32. The third kappa shape index (κ3) is 4.51. The van der Waals surface area contributed by atoms with Crippen molar-refractivity contribution in [1.29, 1.82) is 0 Å². The first kappa shape index (κ1) is 17.7. The smallest absolute Gasteiger partial charge is 0.273 e. The lowest BCUT2D eigenvalue weighted by molar-refractivity contribution is 0.0944. The number of rotatable bonds is 7. The zero-order valence-electron chi connectivity index (χ0n) is 13.6. The van der Waals surface area contributed by atoms with Crippen LogP contribution in [0.1, 0.15) is 27.3 Å². The van der Waals surface area contributed by atoms with Gasteiger partial charge in [0, 0.05) is 25.4 Å². The van der Waals surface area contributed by atoms with Crippen molar-refractivity contribution in [2.24, 2.45) is 0 Å². The van der Waals surface area contributed by atoms with Gasteiger partial charge in [0.25, 0.3) is 11.8 Å². The Morgan fingerprint density at radius 1 is 1.15 bits per heavy atom. The molecular formula is C17H15FN4O3S. The van der Waals surface area contributed by atoms with E-state index in [1.165, 1.54) is 17.5 Å². The molecule has 3 aromatic heterocycles. The molecule has 0 saturated heterocycles. The van der Waals surface area contributed by atoms with Gasteiger partial charge in [-0.15, -0.1) is 11.3 Å². The van der Waals surface area contributed by atoms with Gasteiger partial charge in [0.1, 0.15) is 5.82 Å². The molecule has 0 bridgehead atoms. The van der Waals surface area contributed by atoms with Crippen LogP contribution in [0, 0.1) is 5.82 Å². The molecule has 9 heteroatoms. The molecule has 0 saturated carbocycles. The van der Waals surface area contributed by atoms with E-state index in [2.05, 4.69) is 20.8 Å². The van der Waals surface area contributed by atoms with Crippen LogP contribution in [0.3, 0.4) is 0 Å². The molecule has 134 valence electrons. The Hall–Kier alpha value is -3.07. The van der Waals surface area contributed by atoms with Crippen LogP contribution in [-0.2, 0) is 0 Å². The standard InChI is InChI=1S/C17H15FN4O3S/c18-12-7-11(9-19-10-12)16(23)20-4-2-5-21-17(24)13-8-14(25-22-13)15-3-1-6-26-15/h1,3,6-10H,2,4-5H2,(H,20,23)(H,21,24). The number of carbonyl (C=O) groups excluding carboxylic acids is 2. The van der Waals surface area contributed by atoms with Gasteiger partial charge in [-0.3, -0.25) is 14.6 Å². The van der Waals surface area contributed by atoms with E-state index in [4.69, 9.17) is 4.52 Å². The van der Waals surface area contributed by atoms with Crippen molar-refractivity contribution < 1.29 is 18.5 Å². The van der Waals surface area contributed by atoms with Gasteiger partial charge in [-0.05, 0) is 23.9 Å². The van der Waals surface area contributed by atoms with E-state index in [9.17, 15) is 14.0 Å². The van der Waals surface area contributed by atoms with Crippen molar-refractivity contribution in [1.82, 2.24) is 20.8 Å². The van der Waals surface area contributed by atoms with Crippen LogP contribution in [0.25, 0.3) is 10.6 Å². The number of nitrogens with zero attached hydrogens (tertiary/aromatic N) is 2. The molecule has 7 nitrogen and oxygen atoms in total. The van der Waals surface area contributed by atoms with Crippen molar-refractivity contribution in [2.45, 2.75) is 6.42 Å². The van der Waals surface area contributed by atoms with Crippen molar-refractivity contribution in [3.63, 3.8) is 0 Å². The first-order valence-corrected chi connectivity index (χ1v) is 8.69. The fourth-order valence-corrected chi connectivity index (χ4v) is 2.81. The second-order valence-corrected chi connectivity index (χ2v) is 6.26. The molecule has 3 rings (SSSR count). The van der Waals surface area contributed by atoms with E-state index < -0.39 is 11.7 Å².